The molecule has 0 bridgehead atoms. The van der Waals surface area contributed by atoms with Crippen molar-refractivity contribution in [2.75, 3.05) is 46.1 Å². The Morgan fingerprint density at radius 1 is 1.32 bits per heavy atom. The third-order valence-electron chi connectivity index (χ3n) is 4.43. The fourth-order valence-electron chi connectivity index (χ4n) is 3.09. The first-order chi connectivity index (χ1) is 9.15. The van der Waals surface area contributed by atoms with Crippen LogP contribution < -0.4 is 5.32 Å². The number of ether oxygens (including phenoxy) is 2. The number of rotatable bonds is 6. The summed E-state index contributed by atoms with van der Waals surface area (Å²) in [6, 6.07) is 1.13. The van der Waals surface area contributed by atoms with Crippen LogP contribution in [0.15, 0.2) is 0 Å². The van der Waals surface area contributed by atoms with E-state index in [9.17, 15) is 0 Å². The lowest BCUT2D eigenvalue weighted by atomic mass is 9.85. The Morgan fingerprint density at radius 3 is 2.79 bits per heavy atom. The van der Waals surface area contributed by atoms with Crippen molar-refractivity contribution in [2.45, 2.75) is 45.7 Å². The lowest BCUT2D eigenvalue weighted by molar-refractivity contribution is -0.0297. The maximum atomic E-state index is 5.71. The van der Waals surface area contributed by atoms with Gasteiger partial charge in [-0.1, -0.05) is 20.8 Å². The Kier molecular flexibility index (Phi) is 5.63. The van der Waals surface area contributed by atoms with Crippen molar-refractivity contribution in [1.29, 1.82) is 0 Å². The van der Waals surface area contributed by atoms with E-state index in [1.807, 2.05) is 0 Å². The summed E-state index contributed by atoms with van der Waals surface area (Å²) < 4.78 is 11.3. The van der Waals surface area contributed by atoms with E-state index in [2.05, 4.69) is 31.0 Å². The van der Waals surface area contributed by atoms with Gasteiger partial charge in [-0.25, -0.2) is 0 Å². The molecule has 1 N–H and O–H groups in total. The van der Waals surface area contributed by atoms with Crippen molar-refractivity contribution >= 4 is 0 Å². The Labute approximate surface area is 117 Å². The quantitative estimate of drug-likeness (QED) is 0.793. The minimum absolute atomic E-state index is 0.301. The van der Waals surface area contributed by atoms with Gasteiger partial charge in [-0.05, 0) is 12.8 Å². The van der Waals surface area contributed by atoms with E-state index in [4.69, 9.17) is 9.47 Å². The van der Waals surface area contributed by atoms with Gasteiger partial charge in [0.05, 0.1) is 19.8 Å². The molecule has 4 heteroatoms. The van der Waals surface area contributed by atoms with Crippen LogP contribution in [-0.2, 0) is 9.47 Å². The average molecular weight is 270 g/mol. The van der Waals surface area contributed by atoms with Crippen LogP contribution >= 0.6 is 0 Å². The zero-order chi connectivity index (χ0) is 13.7. The molecule has 0 aromatic heterocycles. The lowest BCUT2D eigenvalue weighted by Crippen LogP contribution is -2.53. The molecule has 0 radical (unpaired) electrons. The van der Waals surface area contributed by atoms with E-state index in [1.165, 1.54) is 12.8 Å². The summed E-state index contributed by atoms with van der Waals surface area (Å²) in [5, 5.41) is 3.61. The maximum absolute atomic E-state index is 5.71. The molecule has 0 aromatic rings. The highest BCUT2D eigenvalue weighted by molar-refractivity contribution is 4.91. The van der Waals surface area contributed by atoms with Crippen LogP contribution in [-0.4, -0.2) is 63.0 Å². The molecule has 2 saturated heterocycles. The van der Waals surface area contributed by atoms with E-state index in [0.29, 0.717) is 17.5 Å². The minimum Gasteiger partial charge on any atom is -0.381 e. The molecule has 4 nitrogen and oxygen atoms in total. The molecule has 2 aliphatic rings. The van der Waals surface area contributed by atoms with Gasteiger partial charge in [0.1, 0.15) is 0 Å². The van der Waals surface area contributed by atoms with Crippen LogP contribution in [0.5, 0.6) is 0 Å². The van der Waals surface area contributed by atoms with E-state index in [0.717, 1.165) is 46.1 Å². The first-order valence-electron chi connectivity index (χ1n) is 7.78. The Morgan fingerprint density at radius 2 is 2.16 bits per heavy atom. The van der Waals surface area contributed by atoms with Crippen molar-refractivity contribution in [3.63, 3.8) is 0 Å². The number of nitrogens with zero attached hydrogens (tertiary/aromatic N) is 1. The molecule has 2 unspecified atom stereocenters. The third kappa shape index (κ3) is 4.15. The van der Waals surface area contributed by atoms with E-state index >= 15 is 0 Å². The fourth-order valence-corrected chi connectivity index (χ4v) is 3.09. The van der Waals surface area contributed by atoms with Crippen molar-refractivity contribution in [3.05, 3.63) is 0 Å². The zero-order valence-electron chi connectivity index (χ0n) is 12.8. The first-order valence-corrected chi connectivity index (χ1v) is 7.78. The number of morpholine rings is 1. The Hall–Kier alpha value is -0.160. The Bertz CT molecular complexity index is 265. The summed E-state index contributed by atoms with van der Waals surface area (Å²) in [5.41, 5.74) is 0.301. The molecule has 0 spiro atoms. The van der Waals surface area contributed by atoms with Gasteiger partial charge in [0.25, 0.3) is 0 Å². The predicted octanol–water partition coefficient (Wildman–Crippen LogP) is 1.50. The van der Waals surface area contributed by atoms with E-state index in [1.54, 1.807) is 0 Å². The lowest BCUT2D eigenvalue weighted by Gasteiger charge is -2.41. The molecule has 2 rings (SSSR count). The SMILES string of the molecule is CCC1COCCN1CC1(CNC(C)C)CCOC1. The fraction of sp³-hybridized carbons (Fsp3) is 1.00. The van der Waals surface area contributed by atoms with Crippen molar-refractivity contribution in [3.8, 4) is 0 Å². The van der Waals surface area contributed by atoms with Gasteiger partial charge in [-0.2, -0.15) is 0 Å². The first kappa shape index (κ1) is 15.2. The van der Waals surface area contributed by atoms with Crippen LogP contribution in [0.1, 0.15) is 33.6 Å². The van der Waals surface area contributed by atoms with E-state index < -0.39 is 0 Å². The molecular formula is C15H30N2O2. The number of nitrogens with one attached hydrogen (secondary N) is 1. The van der Waals surface area contributed by atoms with Gasteiger partial charge in [0.2, 0.25) is 0 Å². The second kappa shape index (κ2) is 7.02. The molecule has 0 aliphatic carbocycles. The predicted molar refractivity (Wildman–Crippen MR) is 77.5 cm³/mol. The monoisotopic (exact) mass is 270 g/mol. The van der Waals surface area contributed by atoms with Gasteiger partial charge < -0.3 is 14.8 Å². The summed E-state index contributed by atoms with van der Waals surface area (Å²) in [6.07, 6.45) is 2.36. The van der Waals surface area contributed by atoms with Crippen LogP contribution in [0.4, 0.5) is 0 Å². The second-order valence-electron chi connectivity index (χ2n) is 6.45. The van der Waals surface area contributed by atoms with Crippen LogP contribution in [0.2, 0.25) is 0 Å². The molecule has 19 heavy (non-hydrogen) atoms. The summed E-state index contributed by atoms with van der Waals surface area (Å²) in [7, 11) is 0. The van der Waals surface area contributed by atoms with Gasteiger partial charge in [0, 0.05) is 43.7 Å². The second-order valence-corrected chi connectivity index (χ2v) is 6.45. The summed E-state index contributed by atoms with van der Waals surface area (Å²) >= 11 is 0. The summed E-state index contributed by atoms with van der Waals surface area (Å²) in [6.45, 7) is 13.6. The molecule has 112 valence electrons. The standard InChI is InChI=1S/C15H30N2O2/c1-4-14-9-18-8-6-17(14)11-15(5-7-19-12-15)10-16-13(2)3/h13-14,16H,4-12H2,1-3H3. The molecule has 0 saturated carbocycles. The molecule has 2 fully saturated rings. The van der Waals surface area contributed by atoms with Crippen LogP contribution in [0.3, 0.4) is 0 Å². The summed E-state index contributed by atoms with van der Waals surface area (Å²) in [4.78, 5) is 2.63. The van der Waals surface area contributed by atoms with Crippen LogP contribution in [0, 0.1) is 5.41 Å². The van der Waals surface area contributed by atoms with Crippen molar-refractivity contribution in [2.24, 2.45) is 5.41 Å². The highest BCUT2D eigenvalue weighted by Crippen LogP contribution is 2.30. The minimum atomic E-state index is 0.301. The van der Waals surface area contributed by atoms with Gasteiger partial charge in [0.15, 0.2) is 0 Å². The highest BCUT2D eigenvalue weighted by atomic mass is 16.5. The molecule has 2 aliphatic heterocycles. The van der Waals surface area contributed by atoms with E-state index in [-0.39, 0.29) is 0 Å². The highest BCUT2D eigenvalue weighted by Gasteiger charge is 2.38. The van der Waals surface area contributed by atoms with Crippen molar-refractivity contribution in [1.82, 2.24) is 10.2 Å². The maximum Gasteiger partial charge on any atom is 0.0622 e. The van der Waals surface area contributed by atoms with Gasteiger partial charge in [-0.15, -0.1) is 0 Å². The number of hydrogen-bond acceptors (Lipinski definition) is 4. The zero-order valence-corrected chi connectivity index (χ0v) is 12.8. The largest absolute Gasteiger partial charge is 0.381 e. The topological polar surface area (TPSA) is 33.7 Å². The van der Waals surface area contributed by atoms with Crippen LogP contribution in [0.25, 0.3) is 0 Å². The average Bonchev–Trinajstić information content (AvgIpc) is 2.86. The normalized spacial score (nSPS) is 33.2. The Balaban J connectivity index is 1.94. The smallest absolute Gasteiger partial charge is 0.0622 e. The van der Waals surface area contributed by atoms with Gasteiger partial charge in [-0.3, -0.25) is 4.90 Å². The molecule has 0 aromatic carbocycles. The molecular weight excluding hydrogens is 240 g/mol. The number of hydrogen-bond donors (Lipinski definition) is 1. The van der Waals surface area contributed by atoms with Gasteiger partial charge >= 0.3 is 0 Å². The summed E-state index contributed by atoms with van der Waals surface area (Å²) in [5.74, 6) is 0. The molecule has 2 heterocycles. The van der Waals surface area contributed by atoms with Crippen molar-refractivity contribution < 1.29 is 9.47 Å². The molecule has 0 amide bonds. The molecule has 2 atom stereocenters. The third-order valence-corrected chi connectivity index (χ3v) is 4.43.